The molecule has 0 radical (unpaired) electrons. The molecule has 2 N–H and O–H groups in total. The number of aromatic nitrogens is 2. The van der Waals surface area contributed by atoms with Gasteiger partial charge in [0.05, 0.1) is 19.9 Å². The normalized spacial score (nSPS) is 10.2. The number of amides is 1. The average molecular weight is 382 g/mol. The van der Waals surface area contributed by atoms with E-state index in [4.69, 9.17) is 9.47 Å². The molecule has 1 aromatic heterocycles. The van der Waals surface area contributed by atoms with Crippen LogP contribution in [-0.2, 0) is 6.54 Å². The Hall–Kier alpha value is -3.68. The van der Waals surface area contributed by atoms with Crippen LogP contribution in [0.25, 0.3) is 0 Å². The van der Waals surface area contributed by atoms with E-state index in [1.54, 1.807) is 26.4 Å². The molecule has 0 spiro atoms. The number of hydrogen-bond acceptors (Lipinski definition) is 6. The number of methoxy groups -OCH3 is 2. The molecule has 144 valence electrons. The highest BCUT2D eigenvalue weighted by molar-refractivity contribution is 6.03. The Kier molecular flexibility index (Phi) is 6.01. The highest BCUT2D eigenvalue weighted by Gasteiger charge is 2.12. The van der Waals surface area contributed by atoms with Gasteiger partial charge in [-0.15, -0.1) is 0 Å². The van der Waals surface area contributed by atoms with Crippen LogP contribution in [0.2, 0.25) is 0 Å². The molecule has 3 rings (SSSR count). The maximum absolute atomic E-state index is 13.7. The summed E-state index contributed by atoms with van der Waals surface area (Å²) in [6.45, 7) is 0.450. The summed E-state index contributed by atoms with van der Waals surface area (Å²) in [7, 11) is 3.14. The Balaban J connectivity index is 1.68. The van der Waals surface area contributed by atoms with Gasteiger partial charge in [0.25, 0.3) is 5.91 Å². The summed E-state index contributed by atoms with van der Waals surface area (Å²) in [5, 5.41) is 5.61. The van der Waals surface area contributed by atoms with Gasteiger partial charge < -0.3 is 20.1 Å². The van der Waals surface area contributed by atoms with Crippen LogP contribution in [0.4, 0.5) is 15.9 Å². The lowest BCUT2D eigenvalue weighted by Crippen LogP contribution is -2.15. The maximum atomic E-state index is 13.7. The first-order valence-electron chi connectivity index (χ1n) is 8.43. The number of rotatable bonds is 7. The molecule has 8 heteroatoms. The number of nitrogens with one attached hydrogen (secondary N) is 2. The number of carbonyl (C=O) groups is 1. The van der Waals surface area contributed by atoms with E-state index < -0.39 is 11.7 Å². The van der Waals surface area contributed by atoms with Crippen LogP contribution in [0.1, 0.15) is 16.1 Å². The summed E-state index contributed by atoms with van der Waals surface area (Å²) in [5.41, 5.74) is 1.15. The van der Waals surface area contributed by atoms with Gasteiger partial charge in [-0.05, 0) is 29.8 Å². The minimum Gasteiger partial charge on any atom is -0.493 e. The van der Waals surface area contributed by atoms with Gasteiger partial charge in [0.2, 0.25) is 0 Å². The number of anilines is 2. The Morgan fingerprint density at radius 2 is 1.82 bits per heavy atom. The summed E-state index contributed by atoms with van der Waals surface area (Å²) in [6, 6.07) is 13.0. The number of ether oxygens (including phenoxy) is 2. The number of nitrogens with zero attached hydrogens (tertiary/aromatic N) is 2. The van der Waals surface area contributed by atoms with E-state index in [0.29, 0.717) is 23.9 Å². The van der Waals surface area contributed by atoms with Crippen molar-refractivity contribution in [3.05, 3.63) is 71.9 Å². The van der Waals surface area contributed by atoms with Crippen molar-refractivity contribution in [1.29, 1.82) is 0 Å². The topological polar surface area (TPSA) is 85.4 Å². The van der Waals surface area contributed by atoms with Crippen molar-refractivity contribution in [3.8, 4) is 11.5 Å². The molecule has 0 saturated carbocycles. The summed E-state index contributed by atoms with van der Waals surface area (Å²) in [4.78, 5) is 20.4. The van der Waals surface area contributed by atoms with Gasteiger partial charge in [0.1, 0.15) is 23.7 Å². The molecule has 0 fully saturated rings. The second-order valence-electron chi connectivity index (χ2n) is 5.77. The standard InChI is InChI=1S/C20H19FN4O3/c1-27-17-8-7-13(9-18(17)28-2)11-22-19-10-16(23-12-24-19)20(26)25-15-6-4-3-5-14(15)21/h3-10,12H,11H2,1-2H3,(H,25,26)(H,22,23,24). The fourth-order valence-corrected chi connectivity index (χ4v) is 2.51. The zero-order valence-electron chi connectivity index (χ0n) is 15.4. The molecule has 1 heterocycles. The third kappa shape index (κ3) is 4.53. The zero-order valence-corrected chi connectivity index (χ0v) is 15.4. The van der Waals surface area contributed by atoms with Crippen molar-refractivity contribution < 1.29 is 18.7 Å². The predicted molar refractivity (Wildman–Crippen MR) is 103 cm³/mol. The van der Waals surface area contributed by atoms with Crippen molar-refractivity contribution in [2.45, 2.75) is 6.54 Å². The lowest BCUT2D eigenvalue weighted by atomic mass is 10.2. The molecule has 3 aromatic rings. The molecule has 0 bridgehead atoms. The van der Waals surface area contributed by atoms with Crippen LogP contribution in [0.15, 0.2) is 54.9 Å². The molecule has 1 amide bonds. The number of benzene rings is 2. The van der Waals surface area contributed by atoms with E-state index in [-0.39, 0.29) is 11.4 Å². The van der Waals surface area contributed by atoms with Crippen LogP contribution in [0.3, 0.4) is 0 Å². The highest BCUT2D eigenvalue weighted by Crippen LogP contribution is 2.27. The maximum Gasteiger partial charge on any atom is 0.274 e. The Labute approximate surface area is 161 Å². The van der Waals surface area contributed by atoms with Crippen LogP contribution in [0.5, 0.6) is 11.5 Å². The highest BCUT2D eigenvalue weighted by atomic mass is 19.1. The van der Waals surface area contributed by atoms with E-state index in [9.17, 15) is 9.18 Å². The van der Waals surface area contributed by atoms with E-state index in [1.807, 2.05) is 18.2 Å². The van der Waals surface area contributed by atoms with E-state index >= 15 is 0 Å². The Morgan fingerprint density at radius 3 is 2.57 bits per heavy atom. The molecule has 28 heavy (non-hydrogen) atoms. The second-order valence-corrected chi connectivity index (χ2v) is 5.77. The molecule has 0 aliphatic rings. The van der Waals surface area contributed by atoms with Crippen LogP contribution in [-0.4, -0.2) is 30.1 Å². The number of hydrogen-bond donors (Lipinski definition) is 2. The summed E-state index contributed by atoms with van der Waals surface area (Å²) in [5.74, 6) is 0.677. The van der Waals surface area contributed by atoms with Gasteiger partial charge >= 0.3 is 0 Å². The first-order chi connectivity index (χ1) is 13.6. The first-order valence-corrected chi connectivity index (χ1v) is 8.43. The van der Waals surface area contributed by atoms with Gasteiger partial charge in [-0.25, -0.2) is 14.4 Å². The Bertz CT molecular complexity index is 981. The molecule has 0 aliphatic carbocycles. The van der Waals surface area contributed by atoms with Gasteiger partial charge in [0, 0.05) is 12.6 Å². The van der Waals surface area contributed by atoms with Gasteiger partial charge in [0.15, 0.2) is 11.5 Å². The molecule has 0 saturated heterocycles. The lowest BCUT2D eigenvalue weighted by molar-refractivity contribution is 0.102. The molecule has 0 atom stereocenters. The van der Waals surface area contributed by atoms with Gasteiger partial charge in [-0.3, -0.25) is 4.79 Å². The fraction of sp³-hybridized carbons (Fsp3) is 0.150. The second kappa shape index (κ2) is 8.81. The van der Waals surface area contributed by atoms with Crippen molar-refractivity contribution in [1.82, 2.24) is 9.97 Å². The SMILES string of the molecule is COc1ccc(CNc2cc(C(=O)Nc3ccccc3F)ncn2)cc1OC. The van der Waals surface area contributed by atoms with Crippen molar-refractivity contribution in [3.63, 3.8) is 0 Å². The average Bonchev–Trinajstić information content (AvgIpc) is 2.73. The summed E-state index contributed by atoms with van der Waals surface area (Å²) in [6.07, 6.45) is 1.27. The van der Waals surface area contributed by atoms with Crippen molar-refractivity contribution in [2.24, 2.45) is 0 Å². The minimum absolute atomic E-state index is 0.0888. The number of carbonyl (C=O) groups excluding carboxylic acids is 1. The number of para-hydroxylation sites is 1. The van der Waals surface area contributed by atoms with Crippen LogP contribution in [0, 0.1) is 5.82 Å². The van der Waals surface area contributed by atoms with Crippen LogP contribution < -0.4 is 20.1 Å². The lowest BCUT2D eigenvalue weighted by Gasteiger charge is -2.11. The number of halogens is 1. The van der Waals surface area contributed by atoms with Crippen LogP contribution >= 0.6 is 0 Å². The smallest absolute Gasteiger partial charge is 0.274 e. The van der Waals surface area contributed by atoms with E-state index in [2.05, 4.69) is 20.6 Å². The fourth-order valence-electron chi connectivity index (χ4n) is 2.51. The predicted octanol–water partition coefficient (Wildman–Crippen LogP) is 3.50. The van der Waals surface area contributed by atoms with Crippen molar-refractivity contribution >= 4 is 17.4 Å². The third-order valence-electron chi connectivity index (χ3n) is 3.94. The largest absolute Gasteiger partial charge is 0.493 e. The van der Waals surface area contributed by atoms with E-state index in [0.717, 1.165) is 5.56 Å². The van der Waals surface area contributed by atoms with E-state index in [1.165, 1.54) is 24.5 Å². The Morgan fingerprint density at radius 1 is 1.04 bits per heavy atom. The zero-order chi connectivity index (χ0) is 19.9. The summed E-state index contributed by atoms with van der Waals surface area (Å²) < 4.78 is 24.2. The van der Waals surface area contributed by atoms with Gasteiger partial charge in [-0.2, -0.15) is 0 Å². The van der Waals surface area contributed by atoms with Gasteiger partial charge in [-0.1, -0.05) is 18.2 Å². The quantitative estimate of drug-likeness (QED) is 0.651. The summed E-state index contributed by atoms with van der Waals surface area (Å²) >= 11 is 0. The first kappa shape index (κ1) is 19.1. The molecule has 0 aliphatic heterocycles. The molecular weight excluding hydrogens is 363 g/mol. The molecule has 2 aromatic carbocycles. The molecule has 7 nitrogen and oxygen atoms in total. The third-order valence-corrected chi connectivity index (χ3v) is 3.94. The van der Waals surface area contributed by atoms with Crippen molar-refractivity contribution in [2.75, 3.05) is 24.9 Å². The monoisotopic (exact) mass is 382 g/mol. The molecular formula is C20H19FN4O3. The molecule has 0 unspecified atom stereocenters. The minimum atomic E-state index is -0.526.